The lowest BCUT2D eigenvalue weighted by atomic mass is 9.82. The van der Waals surface area contributed by atoms with Crippen molar-refractivity contribution in [1.82, 2.24) is 46.4 Å². The van der Waals surface area contributed by atoms with E-state index in [1.54, 1.807) is 33.8 Å². The smallest absolute Gasteiger partial charge is 0.290 e. The lowest BCUT2D eigenvalue weighted by molar-refractivity contribution is -0.145. The Morgan fingerprint density at radius 2 is 1.75 bits per heavy atom. The molecule has 63 heavy (non-hydrogen) atoms. The molecule has 3 saturated heterocycles. The third-order valence-corrected chi connectivity index (χ3v) is 12.8. The van der Waals surface area contributed by atoms with Gasteiger partial charge in [0, 0.05) is 25.4 Å². The first-order valence-electron chi connectivity index (χ1n) is 22.3. The fraction of sp³-hybridized carbons (Fsp3) is 0.587. The Balaban J connectivity index is 1.29. The van der Waals surface area contributed by atoms with Crippen LogP contribution in [0.25, 0.3) is 0 Å². The zero-order valence-electron chi connectivity index (χ0n) is 37.1. The van der Waals surface area contributed by atoms with E-state index in [2.05, 4.69) is 43.1 Å². The molecule has 340 valence electrons. The summed E-state index contributed by atoms with van der Waals surface area (Å²) < 4.78 is 5.97. The molecular formula is C46H63N9O8. The minimum Gasteiger partial charge on any atom is -0.373 e. The molecule has 4 fully saturated rings. The highest BCUT2D eigenvalue weighted by Gasteiger charge is 2.62. The number of rotatable bonds is 17. The number of hydrogen-bond acceptors (Lipinski definition) is 11. The summed E-state index contributed by atoms with van der Waals surface area (Å²) in [7, 11) is 0. The first kappa shape index (κ1) is 46.9. The van der Waals surface area contributed by atoms with E-state index < -0.39 is 82.6 Å². The second-order valence-electron chi connectivity index (χ2n) is 18.4. The predicted octanol–water partition coefficient (Wildman–Crippen LogP) is 2.49. The summed E-state index contributed by atoms with van der Waals surface area (Å²) in [4.78, 5) is 110. The number of nitrogens with zero attached hydrogens (tertiary/aromatic N) is 4. The van der Waals surface area contributed by atoms with Crippen LogP contribution in [0.4, 0.5) is 0 Å². The van der Waals surface area contributed by atoms with Gasteiger partial charge in [-0.25, -0.2) is 4.98 Å². The van der Waals surface area contributed by atoms with Crippen LogP contribution in [-0.2, 0) is 33.5 Å². The Morgan fingerprint density at radius 1 is 1.02 bits per heavy atom. The van der Waals surface area contributed by atoms with Crippen LogP contribution in [0.2, 0.25) is 0 Å². The average molecular weight is 870 g/mol. The van der Waals surface area contributed by atoms with E-state index in [0.29, 0.717) is 32.2 Å². The molecule has 1 saturated carbocycles. The van der Waals surface area contributed by atoms with Crippen LogP contribution in [-0.4, -0.2) is 123 Å². The molecule has 4 heterocycles. The van der Waals surface area contributed by atoms with E-state index in [0.717, 1.165) is 24.8 Å². The van der Waals surface area contributed by atoms with Crippen molar-refractivity contribution in [1.29, 1.82) is 0 Å². The van der Waals surface area contributed by atoms with Crippen LogP contribution in [0.15, 0.2) is 61.6 Å². The lowest BCUT2D eigenvalue weighted by Gasteiger charge is -2.38. The van der Waals surface area contributed by atoms with Crippen molar-refractivity contribution in [2.75, 3.05) is 19.7 Å². The molecule has 0 bridgehead atoms. The molecule has 4 aliphatic rings. The van der Waals surface area contributed by atoms with Gasteiger partial charge in [0.1, 0.15) is 29.5 Å². The van der Waals surface area contributed by atoms with Crippen LogP contribution in [0.5, 0.6) is 0 Å². The van der Waals surface area contributed by atoms with Gasteiger partial charge in [-0.15, -0.1) is 6.58 Å². The van der Waals surface area contributed by atoms with E-state index in [1.807, 2.05) is 42.2 Å². The molecule has 17 nitrogen and oxygen atoms in total. The maximum atomic E-state index is 15.2. The maximum Gasteiger partial charge on any atom is 0.290 e. The van der Waals surface area contributed by atoms with Gasteiger partial charge in [-0.05, 0) is 49.5 Å². The van der Waals surface area contributed by atoms with Gasteiger partial charge in [0.2, 0.25) is 29.4 Å². The minimum absolute atomic E-state index is 0.0328. The number of aromatic nitrogens is 2. The molecule has 1 aromatic heterocycles. The summed E-state index contributed by atoms with van der Waals surface area (Å²) in [5, 5.41) is 14.5. The van der Waals surface area contributed by atoms with Crippen molar-refractivity contribution in [3.05, 3.63) is 72.8 Å². The van der Waals surface area contributed by atoms with E-state index in [-0.39, 0.29) is 49.6 Å². The highest BCUT2D eigenvalue weighted by Crippen LogP contribution is 2.42. The predicted molar refractivity (Wildman–Crippen MR) is 232 cm³/mol. The van der Waals surface area contributed by atoms with Crippen LogP contribution in [0.3, 0.4) is 0 Å². The topological polar surface area (TPSA) is 221 Å². The standard InChI is InChI=1S/C46H63N9O8/c1-7-15-32(37(56)43(61)49-28(3)29-16-11-9-12-17-29)50-40(58)35-24-46(53-41(59)34-23-31(26-55(34)46)63-22-8-2)27-54(35)44(62)38(45(4,5)6)52-42(60)36(30-18-13-10-14-19-30)51-39(57)33-25-47-20-21-48-33/h8-9,11-12,16-17,20-21,25,28,30-32,34-36,38H,2,7,10,13-15,18-19,22-24,26-27H2,1,3-6H3,(H,49,61)(H,50,58)(H,51,57)(H,52,60)(H,53,59)/t28-,31+,32?,34-,35-,36-,38+,46?/m0/s1. The number of likely N-dealkylation sites (tertiary alicyclic amines) is 1. The van der Waals surface area contributed by atoms with E-state index in [9.17, 15) is 28.8 Å². The number of hydrogen-bond donors (Lipinski definition) is 5. The molecule has 6 rings (SSSR count). The van der Waals surface area contributed by atoms with Crippen LogP contribution < -0.4 is 26.6 Å². The molecule has 17 heteroatoms. The van der Waals surface area contributed by atoms with Gasteiger partial charge in [0.25, 0.3) is 11.8 Å². The Morgan fingerprint density at radius 3 is 2.40 bits per heavy atom. The van der Waals surface area contributed by atoms with Gasteiger partial charge in [0.15, 0.2) is 0 Å². The Hall–Kier alpha value is -5.55. The summed E-state index contributed by atoms with van der Waals surface area (Å²) in [5.74, 6) is -4.54. The van der Waals surface area contributed by atoms with E-state index >= 15 is 4.79 Å². The largest absolute Gasteiger partial charge is 0.373 e. The number of ether oxygens (including phenoxy) is 1. The average Bonchev–Trinajstić information content (AvgIpc) is 3.96. The van der Waals surface area contributed by atoms with Gasteiger partial charge in [0.05, 0.1) is 43.6 Å². The highest BCUT2D eigenvalue weighted by molar-refractivity contribution is 6.38. The van der Waals surface area contributed by atoms with Gasteiger partial charge in [-0.3, -0.25) is 43.4 Å². The number of carbonyl (C=O) groups is 7. The molecule has 0 radical (unpaired) electrons. The van der Waals surface area contributed by atoms with Crippen molar-refractivity contribution in [3.8, 4) is 0 Å². The normalized spacial score (nSPS) is 24.4. The molecule has 1 aromatic carbocycles. The zero-order valence-corrected chi connectivity index (χ0v) is 37.1. The first-order valence-corrected chi connectivity index (χ1v) is 22.3. The molecule has 1 aliphatic carbocycles. The number of fused-ring (bicyclic) bond motifs is 2. The SMILES string of the molecule is C=CCO[C@@H]1C[C@H]2C(=O)NC3(C[C@@H](C(=O)NC(CCC)C(=O)C(=O)N[C@@H](C)c4ccccc4)N(C(=O)[C@@H](NC(=O)[C@@H](NC(=O)c4cnccn4)C4CCCCC4)C(C)(C)C)C3)N2C1. The summed E-state index contributed by atoms with van der Waals surface area (Å²) in [6, 6.07) is 3.49. The van der Waals surface area contributed by atoms with E-state index in [4.69, 9.17) is 4.74 Å². The van der Waals surface area contributed by atoms with Gasteiger partial charge in [-0.1, -0.05) is 89.8 Å². The summed E-state index contributed by atoms with van der Waals surface area (Å²) in [5.41, 5.74) is -1.25. The zero-order chi connectivity index (χ0) is 45.5. The van der Waals surface area contributed by atoms with Crippen molar-refractivity contribution >= 4 is 41.2 Å². The molecule has 2 aromatic rings. The van der Waals surface area contributed by atoms with Crippen LogP contribution in [0, 0.1) is 11.3 Å². The Kier molecular flexibility index (Phi) is 15.1. The number of nitrogens with one attached hydrogen (secondary N) is 5. The quantitative estimate of drug-likeness (QED) is 0.115. The summed E-state index contributed by atoms with van der Waals surface area (Å²) in [6.45, 7) is 13.2. The molecule has 6 amide bonds. The first-order chi connectivity index (χ1) is 30.1. The second-order valence-corrected chi connectivity index (χ2v) is 18.4. The van der Waals surface area contributed by atoms with Gasteiger partial charge in [-0.2, -0.15) is 0 Å². The van der Waals surface area contributed by atoms with Crippen LogP contribution >= 0.6 is 0 Å². The summed E-state index contributed by atoms with van der Waals surface area (Å²) >= 11 is 0. The van der Waals surface area contributed by atoms with Crippen molar-refractivity contribution < 1.29 is 38.3 Å². The van der Waals surface area contributed by atoms with Crippen LogP contribution in [0.1, 0.15) is 114 Å². The van der Waals surface area contributed by atoms with Gasteiger partial charge >= 0.3 is 0 Å². The van der Waals surface area contributed by atoms with Gasteiger partial charge < -0.3 is 36.2 Å². The third kappa shape index (κ3) is 10.8. The molecule has 5 N–H and O–H groups in total. The number of amides is 6. The van der Waals surface area contributed by atoms with E-state index in [1.165, 1.54) is 23.5 Å². The maximum absolute atomic E-state index is 15.2. The molecule has 3 aliphatic heterocycles. The minimum atomic E-state index is -1.23. The monoisotopic (exact) mass is 869 g/mol. The van der Waals surface area contributed by atoms with Crippen molar-refractivity contribution in [2.45, 2.75) is 140 Å². The fourth-order valence-electron chi connectivity index (χ4n) is 9.50. The number of Topliss-reactive ketones (excluding diaryl/α,β-unsaturated/α-hetero) is 1. The summed E-state index contributed by atoms with van der Waals surface area (Å²) in [6.07, 6.45) is 10.6. The third-order valence-electron chi connectivity index (χ3n) is 12.8. The number of carbonyl (C=O) groups excluding carboxylic acids is 7. The highest BCUT2D eigenvalue weighted by atomic mass is 16.5. The second kappa shape index (κ2) is 20.3. The lowest BCUT2D eigenvalue weighted by Crippen LogP contribution is -2.62. The number of benzene rings is 1. The van der Waals surface area contributed by atoms with Crippen molar-refractivity contribution in [3.63, 3.8) is 0 Å². The number of ketones is 1. The fourth-order valence-corrected chi connectivity index (χ4v) is 9.50. The molecule has 2 unspecified atom stereocenters. The molecule has 1 spiro atoms. The molecule has 8 atom stereocenters. The molecular weight excluding hydrogens is 807 g/mol. The Labute approximate surface area is 369 Å². The van der Waals surface area contributed by atoms with Crippen molar-refractivity contribution in [2.24, 2.45) is 11.3 Å². The Bertz CT molecular complexity index is 2010.